The maximum absolute atomic E-state index is 13.3. The Morgan fingerprint density at radius 2 is 1.75 bits per heavy atom. The van der Waals surface area contributed by atoms with Crippen LogP contribution in [0.2, 0.25) is 0 Å². The first kappa shape index (κ1) is 27.6. The number of rotatable bonds is 10. The summed E-state index contributed by atoms with van der Waals surface area (Å²) in [5, 5.41) is 3.30. The smallest absolute Gasteiger partial charge is 0.257 e. The minimum absolute atomic E-state index is 0.118. The van der Waals surface area contributed by atoms with Crippen molar-refractivity contribution >= 4 is 27.4 Å². The highest BCUT2D eigenvalue weighted by atomic mass is 32.2. The molecule has 206 valence electrons. The number of carbonyl (C=O) groups is 1. The van der Waals surface area contributed by atoms with E-state index in [-0.39, 0.29) is 16.8 Å². The fraction of sp³-hybridized carbons (Fsp3) is 0.250. The molecule has 1 aliphatic carbocycles. The van der Waals surface area contributed by atoms with Crippen molar-refractivity contribution < 1.29 is 13.2 Å². The number of aryl methyl sites for hydroxylation is 2. The summed E-state index contributed by atoms with van der Waals surface area (Å²) in [6, 6.07) is 26.2. The number of hydrogen-bond acceptors (Lipinski definition) is 5. The monoisotopic (exact) mass is 554 g/mol. The van der Waals surface area contributed by atoms with Gasteiger partial charge in [-0.15, -0.1) is 0 Å². The van der Waals surface area contributed by atoms with Gasteiger partial charge in [-0.3, -0.25) is 4.79 Å². The number of benzene rings is 3. The third-order valence-corrected chi connectivity index (χ3v) is 8.88. The number of fused-ring (bicyclic) bond motifs is 1. The van der Waals surface area contributed by atoms with E-state index in [1.807, 2.05) is 55.5 Å². The minimum Gasteiger partial charge on any atom is -0.341 e. The predicted octanol–water partition coefficient (Wildman–Crippen LogP) is 5.67. The Hall–Kier alpha value is -4.01. The van der Waals surface area contributed by atoms with Gasteiger partial charge < -0.3 is 10.2 Å². The summed E-state index contributed by atoms with van der Waals surface area (Å²) in [6.07, 6.45) is 4.74. The number of pyridine rings is 1. The molecule has 40 heavy (non-hydrogen) atoms. The van der Waals surface area contributed by atoms with Gasteiger partial charge in [0.05, 0.1) is 10.5 Å². The SMILES string of the molecule is CCc1ccc(S(=O)(=O)NC2CCc3ccc(Nc4ncccc4C(=O)N(C)CCc4ccccc4)cc32)cc1. The van der Waals surface area contributed by atoms with Gasteiger partial charge >= 0.3 is 0 Å². The molecule has 0 radical (unpaired) electrons. The van der Waals surface area contributed by atoms with Crippen molar-refractivity contribution in [1.82, 2.24) is 14.6 Å². The fourth-order valence-corrected chi connectivity index (χ4v) is 6.27. The summed E-state index contributed by atoms with van der Waals surface area (Å²) >= 11 is 0. The molecule has 0 fully saturated rings. The molecule has 1 unspecified atom stereocenters. The van der Waals surface area contributed by atoms with E-state index in [1.165, 1.54) is 5.56 Å². The van der Waals surface area contributed by atoms with Crippen molar-refractivity contribution in [2.24, 2.45) is 0 Å². The summed E-state index contributed by atoms with van der Waals surface area (Å²) in [5.74, 6) is 0.345. The molecule has 2 N–H and O–H groups in total. The number of nitrogens with zero attached hydrogens (tertiary/aromatic N) is 2. The van der Waals surface area contributed by atoms with Gasteiger partial charge in [0.25, 0.3) is 5.91 Å². The minimum atomic E-state index is -3.67. The quantitative estimate of drug-likeness (QED) is 0.264. The lowest BCUT2D eigenvalue weighted by Gasteiger charge is -2.20. The zero-order chi connectivity index (χ0) is 28.1. The normalized spacial score (nSPS) is 14.5. The molecule has 5 rings (SSSR count). The summed E-state index contributed by atoms with van der Waals surface area (Å²) in [7, 11) is -1.87. The molecule has 0 saturated heterocycles. The van der Waals surface area contributed by atoms with Gasteiger partial charge in [-0.2, -0.15) is 0 Å². The van der Waals surface area contributed by atoms with E-state index < -0.39 is 10.0 Å². The Kier molecular flexibility index (Phi) is 8.28. The second-order valence-electron chi connectivity index (χ2n) is 10.1. The average molecular weight is 555 g/mol. The van der Waals surface area contributed by atoms with Crippen LogP contribution < -0.4 is 10.0 Å². The summed E-state index contributed by atoms with van der Waals surface area (Å²) in [4.78, 5) is 19.7. The van der Waals surface area contributed by atoms with E-state index in [4.69, 9.17) is 0 Å². The first-order valence-electron chi connectivity index (χ1n) is 13.6. The van der Waals surface area contributed by atoms with Crippen molar-refractivity contribution in [3.8, 4) is 0 Å². The van der Waals surface area contributed by atoms with Crippen LogP contribution in [0.4, 0.5) is 11.5 Å². The lowest BCUT2D eigenvalue weighted by atomic mass is 10.1. The van der Waals surface area contributed by atoms with Crippen LogP contribution in [0.1, 0.15) is 52.0 Å². The van der Waals surface area contributed by atoms with Crippen LogP contribution in [0, 0.1) is 0 Å². The molecule has 7 nitrogen and oxygen atoms in total. The van der Waals surface area contributed by atoms with Gasteiger partial charge in [0, 0.05) is 31.5 Å². The number of amides is 1. The van der Waals surface area contributed by atoms with E-state index in [0.717, 1.165) is 41.6 Å². The third kappa shape index (κ3) is 6.24. The van der Waals surface area contributed by atoms with Crippen LogP contribution in [-0.4, -0.2) is 37.8 Å². The molecule has 4 aromatic rings. The highest BCUT2D eigenvalue weighted by Gasteiger charge is 2.28. The predicted molar refractivity (Wildman–Crippen MR) is 158 cm³/mol. The van der Waals surface area contributed by atoms with Gasteiger partial charge in [0.2, 0.25) is 10.0 Å². The summed E-state index contributed by atoms with van der Waals surface area (Å²) in [5.41, 5.74) is 5.53. The average Bonchev–Trinajstić information content (AvgIpc) is 3.37. The Morgan fingerprint density at radius 1 is 0.975 bits per heavy atom. The van der Waals surface area contributed by atoms with Crippen molar-refractivity contribution in [2.75, 3.05) is 18.9 Å². The van der Waals surface area contributed by atoms with Gasteiger partial charge in [-0.05, 0) is 84.3 Å². The second kappa shape index (κ2) is 12.0. The number of carbonyl (C=O) groups excluding carboxylic acids is 1. The number of aromatic nitrogens is 1. The standard InChI is InChI=1S/C32H34N4O3S/c1-3-23-11-16-27(17-12-23)40(38,39)35-30-18-14-25-13-15-26(22-29(25)30)34-31-28(10-7-20-33-31)32(37)36(2)21-19-24-8-5-4-6-9-24/h4-13,15-17,20,22,30,35H,3,14,18-19,21H2,1-2H3,(H,33,34). The molecule has 0 saturated carbocycles. The largest absolute Gasteiger partial charge is 0.341 e. The van der Waals surface area contributed by atoms with Crippen molar-refractivity contribution in [3.05, 3.63) is 119 Å². The maximum Gasteiger partial charge on any atom is 0.257 e. The van der Waals surface area contributed by atoms with Gasteiger partial charge in [0.1, 0.15) is 5.82 Å². The van der Waals surface area contributed by atoms with E-state index in [0.29, 0.717) is 24.3 Å². The summed E-state index contributed by atoms with van der Waals surface area (Å²) < 4.78 is 29.1. The van der Waals surface area contributed by atoms with E-state index in [1.54, 1.807) is 42.4 Å². The summed E-state index contributed by atoms with van der Waals surface area (Å²) in [6.45, 7) is 2.62. The first-order valence-corrected chi connectivity index (χ1v) is 15.1. The molecule has 3 aromatic carbocycles. The zero-order valence-corrected chi connectivity index (χ0v) is 23.6. The van der Waals surface area contributed by atoms with E-state index in [2.05, 4.69) is 27.2 Å². The molecule has 8 heteroatoms. The lowest BCUT2D eigenvalue weighted by molar-refractivity contribution is 0.0797. The van der Waals surface area contributed by atoms with Crippen molar-refractivity contribution in [3.63, 3.8) is 0 Å². The number of hydrogen-bond donors (Lipinski definition) is 2. The van der Waals surface area contributed by atoms with Crippen molar-refractivity contribution in [2.45, 2.75) is 43.5 Å². The van der Waals surface area contributed by atoms with Crippen LogP contribution in [0.3, 0.4) is 0 Å². The highest BCUT2D eigenvalue weighted by molar-refractivity contribution is 7.89. The molecule has 1 aromatic heterocycles. The second-order valence-corrected chi connectivity index (χ2v) is 11.8. The van der Waals surface area contributed by atoms with Crippen LogP contribution in [-0.2, 0) is 29.3 Å². The molecule has 0 bridgehead atoms. The van der Waals surface area contributed by atoms with Gasteiger partial charge in [-0.1, -0.05) is 55.5 Å². The molecule has 0 aliphatic heterocycles. The highest BCUT2D eigenvalue weighted by Crippen LogP contribution is 2.35. The van der Waals surface area contributed by atoms with Gasteiger partial charge in [0.15, 0.2) is 0 Å². The third-order valence-electron chi connectivity index (χ3n) is 7.39. The molecule has 1 heterocycles. The number of anilines is 2. The molecular formula is C32H34N4O3S. The molecule has 1 aliphatic rings. The molecule has 1 amide bonds. The molecule has 0 spiro atoms. The van der Waals surface area contributed by atoms with Gasteiger partial charge in [-0.25, -0.2) is 18.1 Å². The number of sulfonamides is 1. The Balaban J connectivity index is 1.31. The van der Waals surface area contributed by atoms with E-state index >= 15 is 0 Å². The van der Waals surface area contributed by atoms with Crippen LogP contribution >= 0.6 is 0 Å². The topological polar surface area (TPSA) is 91.4 Å². The zero-order valence-electron chi connectivity index (χ0n) is 22.8. The van der Waals surface area contributed by atoms with Crippen LogP contribution in [0.15, 0.2) is 96.0 Å². The first-order chi connectivity index (χ1) is 19.3. The lowest BCUT2D eigenvalue weighted by Crippen LogP contribution is -2.29. The fourth-order valence-electron chi connectivity index (χ4n) is 5.02. The van der Waals surface area contributed by atoms with E-state index in [9.17, 15) is 13.2 Å². The Bertz CT molecular complexity index is 1590. The Labute approximate surface area is 236 Å². The van der Waals surface area contributed by atoms with Crippen LogP contribution in [0.5, 0.6) is 0 Å². The number of likely N-dealkylation sites (N-methyl/N-ethyl adjacent to an activating group) is 1. The number of nitrogens with one attached hydrogen (secondary N) is 2. The maximum atomic E-state index is 13.3. The molecular weight excluding hydrogens is 520 g/mol. The van der Waals surface area contributed by atoms with Crippen molar-refractivity contribution in [1.29, 1.82) is 0 Å². The Morgan fingerprint density at radius 3 is 2.50 bits per heavy atom. The molecule has 1 atom stereocenters. The van der Waals surface area contributed by atoms with Crippen LogP contribution in [0.25, 0.3) is 0 Å².